The summed E-state index contributed by atoms with van der Waals surface area (Å²) in [4.78, 5) is 14.4. The van der Waals surface area contributed by atoms with Gasteiger partial charge in [-0.2, -0.15) is 0 Å². The highest BCUT2D eigenvalue weighted by Crippen LogP contribution is 2.27. The Morgan fingerprint density at radius 2 is 1.95 bits per heavy atom. The van der Waals surface area contributed by atoms with Crippen molar-refractivity contribution in [2.75, 3.05) is 30.4 Å². The molecule has 0 atom stereocenters. The molecule has 2 aromatic carbocycles. The van der Waals surface area contributed by atoms with Gasteiger partial charge in [0, 0.05) is 12.2 Å². The number of ether oxygens (including phenoxy) is 1. The van der Waals surface area contributed by atoms with Gasteiger partial charge in [-0.1, -0.05) is 30.3 Å². The summed E-state index contributed by atoms with van der Waals surface area (Å²) in [6.45, 7) is 1.04. The van der Waals surface area contributed by atoms with E-state index in [9.17, 15) is 4.79 Å². The summed E-state index contributed by atoms with van der Waals surface area (Å²) in [6, 6.07) is 15.8. The lowest BCUT2D eigenvalue weighted by molar-refractivity contribution is -0.117. The molecule has 0 fully saturated rings. The van der Waals surface area contributed by atoms with E-state index in [0.29, 0.717) is 0 Å². The number of rotatable bonds is 4. The van der Waals surface area contributed by atoms with Crippen LogP contribution in [0.1, 0.15) is 12.0 Å². The smallest absolute Gasteiger partial charge is 0.246 e. The minimum Gasteiger partial charge on any atom is -0.495 e. The van der Waals surface area contributed by atoms with Gasteiger partial charge in [0.1, 0.15) is 5.75 Å². The summed E-state index contributed by atoms with van der Waals surface area (Å²) in [7, 11) is 1.63. The van der Waals surface area contributed by atoms with E-state index in [1.807, 2.05) is 47.4 Å². The van der Waals surface area contributed by atoms with Gasteiger partial charge in [0.05, 0.1) is 19.3 Å². The number of carbonyl (C=O) groups excluding carboxylic acids is 1. The van der Waals surface area contributed by atoms with Crippen LogP contribution in [0.5, 0.6) is 5.75 Å². The zero-order chi connectivity index (χ0) is 15.4. The maximum atomic E-state index is 12.6. The van der Waals surface area contributed by atoms with Crippen molar-refractivity contribution >= 4 is 17.3 Å². The number of fused-ring (bicyclic) bond motifs is 1. The maximum absolute atomic E-state index is 12.6. The van der Waals surface area contributed by atoms with Gasteiger partial charge >= 0.3 is 0 Å². The maximum Gasteiger partial charge on any atom is 0.246 e. The van der Waals surface area contributed by atoms with Crippen molar-refractivity contribution in [2.24, 2.45) is 0 Å². The van der Waals surface area contributed by atoms with Gasteiger partial charge in [-0.05, 0) is 36.6 Å². The first-order valence-corrected chi connectivity index (χ1v) is 7.55. The van der Waals surface area contributed by atoms with Gasteiger partial charge in [-0.15, -0.1) is 0 Å². The molecule has 3 rings (SSSR count). The lowest BCUT2D eigenvalue weighted by Crippen LogP contribution is -2.39. The number of methoxy groups -OCH3 is 1. The van der Waals surface area contributed by atoms with Crippen molar-refractivity contribution in [3.8, 4) is 5.75 Å². The molecule has 1 N–H and O–H groups in total. The van der Waals surface area contributed by atoms with E-state index in [1.54, 1.807) is 7.11 Å². The summed E-state index contributed by atoms with van der Waals surface area (Å²) in [5, 5.41) is 3.18. The highest BCUT2D eigenvalue weighted by atomic mass is 16.5. The molecule has 0 aromatic heterocycles. The monoisotopic (exact) mass is 296 g/mol. The molecular formula is C18H20N2O2. The number of hydrogen-bond acceptors (Lipinski definition) is 3. The predicted molar refractivity (Wildman–Crippen MR) is 88.6 cm³/mol. The third-order valence-corrected chi connectivity index (χ3v) is 3.95. The number of nitrogens with one attached hydrogen (secondary N) is 1. The second-order valence-corrected chi connectivity index (χ2v) is 5.33. The first kappa shape index (κ1) is 14.4. The third-order valence-electron chi connectivity index (χ3n) is 3.95. The molecule has 4 nitrogen and oxygen atoms in total. The Morgan fingerprint density at radius 1 is 1.18 bits per heavy atom. The number of anilines is 2. The van der Waals surface area contributed by atoms with E-state index in [4.69, 9.17) is 4.74 Å². The average molecular weight is 296 g/mol. The summed E-state index contributed by atoms with van der Waals surface area (Å²) in [5.74, 6) is 0.826. The molecule has 1 aliphatic heterocycles. The van der Waals surface area contributed by atoms with Gasteiger partial charge in [0.2, 0.25) is 5.91 Å². The summed E-state index contributed by atoms with van der Waals surface area (Å²) >= 11 is 0. The van der Waals surface area contributed by atoms with E-state index < -0.39 is 0 Å². The first-order valence-electron chi connectivity index (χ1n) is 7.55. The van der Waals surface area contributed by atoms with Gasteiger partial charge in [-0.25, -0.2) is 0 Å². The van der Waals surface area contributed by atoms with Gasteiger partial charge in [0.25, 0.3) is 0 Å². The topological polar surface area (TPSA) is 41.6 Å². The average Bonchev–Trinajstić information content (AvgIpc) is 2.59. The fourth-order valence-electron chi connectivity index (χ4n) is 2.85. The van der Waals surface area contributed by atoms with Crippen molar-refractivity contribution in [1.82, 2.24) is 0 Å². The molecule has 0 unspecified atom stereocenters. The minimum atomic E-state index is 0.0815. The zero-order valence-electron chi connectivity index (χ0n) is 12.7. The number of hydrogen-bond donors (Lipinski definition) is 1. The Balaban J connectivity index is 1.71. The van der Waals surface area contributed by atoms with E-state index in [0.717, 1.165) is 36.5 Å². The van der Waals surface area contributed by atoms with Crippen LogP contribution in [0.4, 0.5) is 11.4 Å². The Kier molecular flexibility index (Phi) is 4.28. The summed E-state index contributed by atoms with van der Waals surface area (Å²) in [5.41, 5.74) is 3.13. The summed E-state index contributed by atoms with van der Waals surface area (Å²) < 4.78 is 5.29. The largest absolute Gasteiger partial charge is 0.495 e. The second-order valence-electron chi connectivity index (χ2n) is 5.33. The highest BCUT2D eigenvalue weighted by molar-refractivity contribution is 5.97. The lowest BCUT2D eigenvalue weighted by atomic mass is 10.0. The molecule has 1 aliphatic rings. The molecule has 0 aliphatic carbocycles. The Labute approximate surface area is 130 Å². The summed E-state index contributed by atoms with van der Waals surface area (Å²) in [6.07, 6.45) is 2.05. The molecule has 4 heteroatoms. The molecule has 1 heterocycles. The molecule has 0 saturated heterocycles. The number of benzene rings is 2. The number of amides is 1. The molecule has 1 amide bonds. The molecule has 22 heavy (non-hydrogen) atoms. The quantitative estimate of drug-likeness (QED) is 0.942. The van der Waals surface area contributed by atoms with E-state index in [2.05, 4.69) is 11.4 Å². The number of para-hydroxylation sites is 3. The SMILES string of the molecule is COc1ccccc1NCC(=O)N1CCCc2ccccc21. The number of aryl methyl sites for hydroxylation is 1. The molecule has 0 saturated carbocycles. The minimum absolute atomic E-state index is 0.0815. The van der Waals surface area contributed by atoms with Gasteiger partial charge < -0.3 is 15.0 Å². The first-order chi connectivity index (χ1) is 10.8. The van der Waals surface area contributed by atoms with Crippen LogP contribution in [0.15, 0.2) is 48.5 Å². The van der Waals surface area contributed by atoms with Crippen molar-refractivity contribution < 1.29 is 9.53 Å². The second kappa shape index (κ2) is 6.52. The van der Waals surface area contributed by atoms with Crippen LogP contribution in [0.25, 0.3) is 0 Å². The van der Waals surface area contributed by atoms with E-state index >= 15 is 0 Å². The van der Waals surface area contributed by atoms with Crippen molar-refractivity contribution in [2.45, 2.75) is 12.8 Å². The molecule has 0 radical (unpaired) electrons. The van der Waals surface area contributed by atoms with E-state index in [1.165, 1.54) is 5.56 Å². The molecule has 0 spiro atoms. The Hall–Kier alpha value is -2.49. The fraction of sp³-hybridized carbons (Fsp3) is 0.278. The third kappa shape index (κ3) is 2.91. The van der Waals surface area contributed by atoms with Gasteiger partial charge in [-0.3, -0.25) is 4.79 Å². The van der Waals surface area contributed by atoms with Crippen molar-refractivity contribution in [3.05, 3.63) is 54.1 Å². The molecule has 0 bridgehead atoms. The molecule has 114 valence electrons. The predicted octanol–water partition coefficient (Wildman–Crippen LogP) is 3.09. The van der Waals surface area contributed by atoms with Crippen LogP contribution < -0.4 is 15.0 Å². The van der Waals surface area contributed by atoms with E-state index in [-0.39, 0.29) is 12.5 Å². The van der Waals surface area contributed by atoms with Crippen molar-refractivity contribution in [1.29, 1.82) is 0 Å². The van der Waals surface area contributed by atoms with Crippen molar-refractivity contribution in [3.63, 3.8) is 0 Å². The number of nitrogens with zero attached hydrogens (tertiary/aromatic N) is 1. The van der Waals surface area contributed by atoms with Crippen LogP contribution in [0, 0.1) is 0 Å². The van der Waals surface area contributed by atoms with Gasteiger partial charge in [0.15, 0.2) is 0 Å². The zero-order valence-corrected chi connectivity index (χ0v) is 12.7. The molecule has 2 aromatic rings. The van der Waals surface area contributed by atoms with Crippen LogP contribution in [0.3, 0.4) is 0 Å². The normalized spacial score (nSPS) is 13.4. The molecular weight excluding hydrogens is 276 g/mol. The Bertz CT molecular complexity index is 670. The fourth-order valence-corrected chi connectivity index (χ4v) is 2.85. The van der Waals surface area contributed by atoms with Crippen LogP contribution in [-0.2, 0) is 11.2 Å². The van der Waals surface area contributed by atoms with Crippen LogP contribution >= 0.6 is 0 Å². The van der Waals surface area contributed by atoms with Crippen LogP contribution in [0.2, 0.25) is 0 Å². The Morgan fingerprint density at radius 3 is 2.82 bits per heavy atom. The number of carbonyl (C=O) groups is 1. The lowest BCUT2D eigenvalue weighted by Gasteiger charge is -2.29. The van der Waals surface area contributed by atoms with Crippen LogP contribution in [-0.4, -0.2) is 26.1 Å². The standard InChI is InChI=1S/C18H20N2O2/c1-22-17-11-5-3-9-15(17)19-13-18(21)20-12-6-8-14-7-2-4-10-16(14)20/h2-5,7,9-11,19H,6,8,12-13H2,1H3. The highest BCUT2D eigenvalue weighted by Gasteiger charge is 2.21.